The first kappa shape index (κ1) is 29.5. The Balaban J connectivity index is 1.45. The highest BCUT2D eigenvalue weighted by molar-refractivity contribution is 9.11. The molecule has 0 radical (unpaired) electrons. The van der Waals surface area contributed by atoms with E-state index in [0.29, 0.717) is 0 Å². The van der Waals surface area contributed by atoms with Crippen molar-refractivity contribution in [3.05, 3.63) is 125 Å². The van der Waals surface area contributed by atoms with E-state index in [9.17, 15) is 38.2 Å². The molecule has 15 heteroatoms. The first-order chi connectivity index (χ1) is 19.4. The molecule has 4 aromatic rings. The Labute approximate surface area is 248 Å². The number of carbonyl (C=O) groups excluding carboxylic acids is 2. The van der Waals surface area contributed by atoms with Gasteiger partial charge in [0.1, 0.15) is 0 Å². The number of hydrogen-bond acceptors (Lipinski definition) is 8. The number of hydrogen-bond donors (Lipinski definition) is 2. The van der Waals surface area contributed by atoms with Gasteiger partial charge < -0.3 is 10.6 Å². The Morgan fingerprint density at radius 1 is 0.610 bits per heavy atom. The summed E-state index contributed by atoms with van der Waals surface area (Å²) >= 11 is 6.11. The van der Waals surface area contributed by atoms with Crippen molar-refractivity contribution >= 4 is 76.3 Å². The summed E-state index contributed by atoms with van der Waals surface area (Å²) in [4.78, 5) is 45.9. The first-order valence-corrected chi connectivity index (χ1v) is 14.4. The summed E-state index contributed by atoms with van der Waals surface area (Å²) in [7, 11) is -3.96. The molecule has 0 fully saturated rings. The van der Waals surface area contributed by atoms with Crippen LogP contribution in [0.4, 0.5) is 22.7 Å². The minimum absolute atomic E-state index is 0.0436. The molecule has 4 aromatic carbocycles. The number of nitro groups is 2. The van der Waals surface area contributed by atoms with Crippen molar-refractivity contribution in [3.8, 4) is 0 Å². The molecule has 0 bridgehead atoms. The van der Waals surface area contributed by atoms with Gasteiger partial charge in [-0.1, -0.05) is 0 Å². The number of nitro benzene ring substituents is 2. The summed E-state index contributed by atoms with van der Waals surface area (Å²) in [5.74, 6) is -1.24. The topological polar surface area (TPSA) is 179 Å². The van der Waals surface area contributed by atoms with Crippen molar-refractivity contribution in [2.45, 2.75) is 9.79 Å². The molecule has 0 atom stereocenters. The van der Waals surface area contributed by atoms with Crippen molar-refractivity contribution in [3.63, 3.8) is 0 Å². The Morgan fingerprint density at radius 2 is 0.951 bits per heavy atom. The smallest absolute Gasteiger partial charge is 0.284 e. The fraction of sp³-hybridized carbons (Fsp3) is 0. The molecule has 12 nitrogen and oxygen atoms in total. The van der Waals surface area contributed by atoms with Crippen LogP contribution in [0.2, 0.25) is 0 Å². The lowest BCUT2D eigenvalue weighted by Gasteiger charge is -2.09. The van der Waals surface area contributed by atoms with E-state index in [0.717, 1.165) is 12.1 Å². The molecule has 2 amide bonds. The van der Waals surface area contributed by atoms with E-state index in [1.807, 2.05) is 0 Å². The van der Waals surface area contributed by atoms with E-state index in [1.165, 1.54) is 72.8 Å². The normalized spacial score (nSPS) is 11.0. The van der Waals surface area contributed by atoms with Crippen molar-refractivity contribution in [2.24, 2.45) is 0 Å². The third-order valence-corrected chi connectivity index (χ3v) is 8.78. The SMILES string of the molecule is O=C(Nc1ccc(S(=O)(=O)c2ccc(NC(=O)c3ccc(Br)c([N+](=O)[O-])c3)cc2)cc1)c1ccc(Br)c([N+](=O)[O-])c1. The molecular formula is C26H16Br2N4O8S. The molecular weight excluding hydrogens is 688 g/mol. The molecule has 208 valence electrons. The van der Waals surface area contributed by atoms with Gasteiger partial charge in [-0.2, -0.15) is 0 Å². The maximum absolute atomic E-state index is 13.1. The Bertz CT molecular complexity index is 1690. The molecule has 0 aromatic heterocycles. The molecule has 4 rings (SSSR count). The molecule has 0 unspecified atom stereocenters. The maximum atomic E-state index is 13.1. The van der Waals surface area contributed by atoms with Gasteiger partial charge in [0.25, 0.3) is 23.2 Å². The zero-order chi connectivity index (χ0) is 29.9. The zero-order valence-electron chi connectivity index (χ0n) is 20.4. The third kappa shape index (κ3) is 6.65. The number of nitrogens with zero attached hydrogens (tertiary/aromatic N) is 2. The van der Waals surface area contributed by atoms with E-state index in [4.69, 9.17) is 0 Å². The van der Waals surface area contributed by atoms with Crippen LogP contribution in [0.5, 0.6) is 0 Å². The van der Waals surface area contributed by atoms with Crippen LogP contribution < -0.4 is 10.6 Å². The molecule has 0 aliphatic heterocycles. The number of benzene rings is 4. The summed E-state index contributed by atoms with van der Waals surface area (Å²) in [5, 5.41) is 27.4. The number of rotatable bonds is 8. The summed E-state index contributed by atoms with van der Waals surface area (Å²) < 4.78 is 26.6. The van der Waals surface area contributed by atoms with E-state index in [-0.39, 0.29) is 52.6 Å². The molecule has 2 N–H and O–H groups in total. The average Bonchev–Trinajstić information content (AvgIpc) is 2.93. The van der Waals surface area contributed by atoms with E-state index in [2.05, 4.69) is 42.5 Å². The highest BCUT2D eigenvalue weighted by Crippen LogP contribution is 2.28. The minimum Gasteiger partial charge on any atom is -0.322 e. The Morgan fingerprint density at radius 3 is 1.27 bits per heavy atom. The minimum atomic E-state index is -3.96. The van der Waals surface area contributed by atoms with Crippen LogP contribution in [0.15, 0.2) is 104 Å². The predicted octanol–water partition coefficient (Wildman–Crippen LogP) is 6.37. The maximum Gasteiger partial charge on any atom is 0.284 e. The number of carbonyl (C=O) groups is 2. The second-order valence-corrected chi connectivity index (χ2v) is 12.0. The number of nitrogens with one attached hydrogen (secondary N) is 2. The molecule has 0 heterocycles. The number of sulfone groups is 1. The first-order valence-electron chi connectivity index (χ1n) is 11.3. The van der Waals surface area contributed by atoms with Crippen molar-refractivity contribution < 1.29 is 27.9 Å². The van der Waals surface area contributed by atoms with Gasteiger partial charge in [-0.3, -0.25) is 29.8 Å². The lowest BCUT2D eigenvalue weighted by atomic mass is 10.2. The average molecular weight is 704 g/mol. The monoisotopic (exact) mass is 702 g/mol. The zero-order valence-corrected chi connectivity index (χ0v) is 24.4. The van der Waals surface area contributed by atoms with Crippen LogP contribution >= 0.6 is 31.9 Å². The largest absolute Gasteiger partial charge is 0.322 e. The summed E-state index contributed by atoms with van der Waals surface area (Å²) in [6.45, 7) is 0. The van der Waals surface area contributed by atoms with Gasteiger partial charge in [0.05, 0.1) is 28.6 Å². The molecule has 0 spiro atoms. The van der Waals surface area contributed by atoms with Gasteiger partial charge in [-0.05, 0) is 105 Å². The molecule has 41 heavy (non-hydrogen) atoms. The quantitative estimate of drug-likeness (QED) is 0.157. The number of halogens is 2. The van der Waals surface area contributed by atoms with Gasteiger partial charge in [-0.25, -0.2) is 8.42 Å². The van der Waals surface area contributed by atoms with Gasteiger partial charge >= 0.3 is 0 Å². The molecule has 0 saturated carbocycles. The van der Waals surface area contributed by atoms with Crippen LogP contribution in [-0.4, -0.2) is 30.1 Å². The van der Waals surface area contributed by atoms with E-state index in [1.54, 1.807) is 0 Å². The number of anilines is 2. The standard InChI is InChI=1S/C26H16Br2N4O8S/c27-21-11-1-15(13-23(21)31(35)36)25(33)29-17-3-7-19(8-4-17)41(39,40)20-9-5-18(6-10-20)30-26(34)16-2-12-22(28)24(14-16)32(37)38/h1-14H,(H,29,33)(H,30,34). The molecule has 0 saturated heterocycles. The van der Waals surface area contributed by atoms with Crippen molar-refractivity contribution in [2.75, 3.05) is 10.6 Å². The van der Waals surface area contributed by atoms with Gasteiger partial charge in [0.2, 0.25) is 9.84 Å². The summed E-state index contributed by atoms with van der Waals surface area (Å²) in [6, 6.07) is 18.5. The fourth-order valence-electron chi connectivity index (χ4n) is 3.57. The summed E-state index contributed by atoms with van der Waals surface area (Å²) in [5.41, 5.74) is 0.0738. The van der Waals surface area contributed by atoms with Crippen molar-refractivity contribution in [1.29, 1.82) is 0 Å². The molecule has 0 aliphatic carbocycles. The lowest BCUT2D eigenvalue weighted by Crippen LogP contribution is -2.13. The number of amides is 2. The van der Waals surface area contributed by atoms with Crippen LogP contribution in [0, 0.1) is 20.2 Å². The van der Waals surface area contributed by atoms with Gasteiger partial charge in [0.15, 0.2) is 0 Å². The van der Waals surface area contributed by atoms with E-state index < -0.39 is 31.5 Å². The van der Waals surface area contributed by atoms with Crippen LogP contribution in [0.1, 0.15) is 20.7 Å². The highest BCUT2D eigenvalue weighted by atomic mass is 79.9. The van der Waals surface area contributed by atoms with E-state index >= 15 is 0 Å². The predicted molar refractivity (Wildman–Crippen MR) is 156 cm³/mol. The lowest BCUT2D eigenvalue weighted by molar-refractivity contribution is -0.385. The Kier molecular flexibility index (Phi) is 8.60. The summed E-state index contributed by atoms with van der Waals surface area (Å²) in [6.07, 6.45) is 0. The third-order valence-electron chi connectivity index (χ3n) is 5.66. The van der Waals surface area contributed by atoms with Crippen molar-refractivity contribution in [1.82, 2.24) is 0 Å². The van der Waals surface area contributed by atoms with Crippen LogP contribution in [0.25, 0.3) is 0 Å². The molecule has 0 aliphatic rings. The highest BCUT2D eigenvalue weighted by Gasteiger charge is 2.20. The van der Waals surface area contributed by atoms with Gasteiger partial charge in [-0.15, -0.1) is 0 Å². The van der Waals surface area contributed by atoms with Crippen LogP contribution in [-0.2, 0) is 9.84 Å². The second kappa shape index (κ2) is 12.0. The van der Waals surface area contributed by atoms with Crippen LogP contribution in [0.3, 0.4) is 0 Å². The second-order valence-electron chi connectivity index (χ2n) is 8.31. The van der Waals surface area contributed by atoms with Gasteiger partial charge in [0, 0.05) is 34.6 Å². The Hall–Kier alpha value is -4.47. The fourth-order valence-corrected chi connectivity index (χ4v) is 5.61.